The van der Waals surface area contributed by atoms with E-state index in [4.69, 9.17) is 4.52 Å². The molecule has 2 rings (SSSR count). The van der Waals surface area contributed by atoms with Gasteiger partial charge in [0.05, 0.1) is 5.69 Å². The first-order valence-corrected chi connectivity index (χ1v) is 7.03. The summed E-state index contributed by atoms with van der Waals surface area (Å²) in [5.41, 5.74) is 0.922. The van der Waals surface area contributed by atoms with Crippen LogP contribution in [0, 0.1) is 6.92 Å². The van der Waals surface area contributed by atoms with Gasteiger partial charge in [-0.25, -0.2) is 0 Å². The van der Waals surface area contributed by atoms with Gasteiger partial charge in [0, 0.05) is 38.7 Å². The largest absolute Gasteiger partial charge is 0.361 e. The van der Waals surface area contributed by atoms with E-state index < -0.39 is 0 Å². The predicted molar refractivity (Wildman–Crippen MR) is 72.6 cm³/mol. The lowest BCUT2D eigenvalue weighted by Gasteiger charge is -2.27. The number of hydrogen-bond donors (Lipinski definition) is 0. The smallest absolute Gasteiger partial charge is 0.223 e. The Bertz CT molecular complexity index is 411. The van der Waals surface area contributed by atoms with Gasteiger partial charge in [0.15, 0.2) is 0 Å². The molecule has 0 saturated carbocycles. The third kappa shape index (κ3) is 4.35. The predicted octanol–water partition coefficient (Wildman–Crippen LogP) is 1.82. The van der Waals surface area contributed by atoms with Gasteiger partial charge in [-0.05, 0) is 33.2 Å². The van der Waals surface area contributed by atoms with E-state index in [1.807, 2.05) is 24.9 Å². The Morgan fingerprint density at radius 2 is 2.16 bits per heavy atom. The molecule has 1 aromatic heterocycles. The third-order valence-electron chi connectivity index (χ3n) is 3.52. The van der Waals surface area contributed by atoms with Crippen LogP contribution in [-0.2, 0) is 11.3 Å². The molecule has 5 nitrogen and oxygen atoms in total. The van der Waals surface area contributed by atoms with Gasteiger partial charge in [-0.3, -0.25) is 9.69 Å². The van der Waals surface area contributed by atoms with E-state index in [-0.39, 0.29) is 5.91 Å². The highest BCUT2D eigenvalue weighted by Gasteiger charge is 2.16. The number of carbonyl (C=O) groups is 1. The van der Waals surface area contributed by atoms with E-state index in [0.29, 0.717) is 6.42 Å². The van der Waals surface area contributed by atoms with Crippen molar-refractivity contribution in [1.82, 2.24) is 15.0 Å². The average molecular weight is 265 g/mol. The maximum atomic E-state index is 12.0. The van der Waals surface area contributed by atoms with Gasteiger partial charge >= 0.3 is 0 Å². The van der Waals surface area contributed by atoms with E-state index in [1.54, 1.807) is 0 Å². The molecule has 0 radical (unpaired) electrons. The molecule has 1 aliphatic rings. The number of aryl methyl sites for hydroxylation is 1. The lowest BCUT2D eigenvalue weighted by atomic mass is 10.1. The highest BCUT2D eigenvalue weighted by molar-refractivity contribution is 5.76. The van der Waals surface area contributed by atoms with E-state index >= 15 is 0 Å². The summed E-state index contributed by atoms with van der Waals surface area (Å²) in [7, 11) is 2.01. The molecule has 0 N–H and O–H groups in total. The number of carbonyl (C=O) groups excluding carboxylic acids is 1. The number of nitrogens with zero attached hydrogens (tertiary/aromatic N) is 3. The number of hydrogen-bond acceptors (Lipinski definition) is 4. The van der Waals surface area contributed by atoms with Crippen LogP contribution in [0.2, 0.25) is 0 Å². The molecule has 0 aliphatic carbocycles. The lowest BCUT2D eigenvalue weighted by Crippen LogP contribution is -2.37. The lowest BCUT2D eigenvalue weighted by molar-refractivity contribution is -0.132. The molecular formula is C14H23N3O2. The Balaban J connectivity index is 1.70. The van der Waals surface area contributed by atoms with Crippen molar-refractivity contribution in [2.45, 2.75) is 39.2 Å². The van der Waals surface area contributed by atoms with Crippen molar-refractivity contribution in [3.63, 3.8) is 0 Å². The summed E-state index contributed by atoms with van der Waals surface area (Å²) in [5.74, 6) is 1.11. The van der Waals surface area contributed by atoms with Crippen LogP contribution in [0.5, 0.6) is 0 Å². The van der Waals surface area contributed by atoms with Crippen molar-refractivity contribution in [3.8, 4) is 0 Å². The second-order valence-electron chi connectivity index (χ2n) is 5.36. The molecule has 0 unspecified atom stereocenters. The topological polar surface area (TPSA) is 49.6 Å². The van der Waals surface area contributed by atoms with Crippen LogP contribution in [0.1, 0.15) is 37.1 Å². The van der Waals surface area contributed by atoms with Crippen LogP contribution in [-0.4, -0.2) is 47.5 Å². The zero-order chi connectivity index (χ0) is 13.7. The zero-order valence-electron chi connectivity index (χ0n) is 11.9. The molecule has 1 amide bonds. The van der Waals surface area contributed by atoms with Crippen molar-refractivity contribution in [2.24, 2.45) is 0 Å². The van der Waals surface area contributed by atoms with Crippen molar-refractivity contribution >= 4 is 5.91 Å². The quantitative estimate of drug-likeness (QED) is 0.815. The normalized spacial score (nSPS) is 16.1. The zero-order valence-corrected chi connectivity index (χ0v) is 11.9. The van der Waals surface area contributed by atoms with Crippen molar-refractivity contribution in [3.05, 3.63) is 17.5 Å². The number of rotatable bonds is 5. The highest BCUT2D eigenvalue weighted by atomic mass is 16.5. The molecule has 0 spiro atoms. The van der Waals surface area contributed by atoms with Crippen LogP contribution in [0.25, 0.3) is 0 Å². The summed E-state index contributed by atoms with van der Waals surface area (Å²) in [6.07, 6.45) is 4.15. The van der Waals surface area contributed by atoms with Gasteiger partial charge in [0.25, 0.3) is 0 Å². The van der Waals surface area contributed by atoms with Crippen molar-refractivity contribution in [2.75, 3.05) is 26.7 Å². The minimum Gasteiger partial charge on any atom is -0.361 e. The molecule has 2 heterocycles. The number of amides is 1. The minimum absolute atomic E-state index is 0.280. The fourth-order valence-corrected chi connectivity index (χ4v) is 2.44. The summed E-state index contributed by atoms with van der Waals surface area (Å²) < 4.78 is 5.03. The summed E-state index contributed by atoms with van der Waals surface area (Å²) >= 11 is 0. The maximum Gasteiger partial charge on any atom is 0.223 e. The summed E-state index contributed by atoms with van der Waals surface area (Å²) in [4.78, 5) is 16.1. The van der Waals surface area contributed by atoms with Gasteiger partial charge in [0.1, 0.15) is 5.76 Å². The van der Waals surface area contributed by atoms with Gasteiger partial charge in [-0.2, -0.15) is 0 Å². The first-order chi connectivity index (χ1) is 9.15. The van der Waals surface area contributed by atoms with Crippen LogP contribution >= 0.6 is 0 Å². The molecule has 19 heavy (non-hydrogen) atoms. The molecule has 1 fully saturated rings. The molecule has 0 aromatic carbocycles. The molecule has 0 bridgehead atoms. The second kappa shape index (κ2) is 6.70. The molecule has 106 valence electrons. The second-order valence-corrected chi connectivity index (χ2v) is 5.36. The molecule has 1 aliphatic heterocycles. The molecular weight excluding hydrogens is 242 g/mol. The van der Waals surface area contributed by atoms with E-state index in [1.165, 1.54) is 6.42 Å². The Labute approximate surface area is 114 Å². The Hall–Kier alpha value is -1.36. The fraction of sp³-hybridized carbons (Fsp3) is 0.714. The standard InChI is InChI=1S/C14H23N3O2/c1-12-10-13(15-19-12)11-16(2)9-6-14(18)17-7-4-3-5-8-17/h10H,3-9,11H2,1-2H3. The maximum absolute atomic E-state index is 12.0. The first-order valence-electron chi connectivity index (χ1n) is 7.03. The summed E-state index contributed by atoms with van der Waals surface area (Å²) in [6, 6.07) is 1.93. The van der Waals surface area contributed by atoms with Crippen LogP contribution in [0.4, 0.5) is 0 Å². The third-order valence-corrected chi connectivity index (χ3v) is 3.52. The molecule has 5 heteroatoms. The van der Waals surface area contributed by atoms with Crippen LogP contribution in [0.15, 0.2) is 10.6 Å². The van der Waals surface area contributed by atoms with Gasteiger partial charge in [-0.1, -0.05) is 5.16 Å². The first kappa shape index (κ1) is 14.1. The molecule has 1 aromatic rings. The van der Waals surface area contributed by atoms with E-state index in [9.17, 15) is 4.79 Å². The van der Waals surface area contributed by atoms with Gasteiger partial charge in [-0.15, -0.1) is 0 Å². The van der Waals surface area contributed by atoms with Crippen LogP contribution in [0.3, 0.4) is 0 Å². The molecule has 1 saturated heterocycles. The number of likely N-dealkylation sites (tertiary alicyclic amines) is 1. The Morgan fingerprint density at radius 3 is 2.79 bits per heavy atom. The minimum atomic E-state index is 0.280. The Kier molecular flexibility index (Phi) is 4.96. The monoisotopic (exact) mass is 265 g/mol. The Morgan fingerprint density at radius 1 is 1.42 bits per heavy atom. The number of piperidine rings is 1. The summed E-state index contributed by atoms with van der Waals surface area (Å²) in [5, 5.41) is 3.96. The van der Waals surface area contributed by atoms with Crippen molar-refractivity contribution < 1.29 is 9.32 Å². The fourth-order valence-electron chi connectivity index (χ4n) is 2.44. The van der Waals surface area contributed by atoms with E-state index in [2.05, 4.69) is 10.1 Å². The highest BCUT2D eigenvalue weighted by Crippen LogP contribution is 2.10. The van der Waals surface area contributed by atoms with Gasteiger partial charge < -0.3 is 9.42 Å². The SMILES string of the molecule is Cc1cc(CN(C)CCC(=O)N2CCCCC2)no1. The van der Waals surface area contributed by atoms with Gasteiger partial charge in [0.2, 0.25) is 5.91 Å². The summed E-state index contributed by atoms with van der Waals surface area (Å²) in [6.45, 7) is 5.25. The average Bonchev–Trinajstić information content (AvgIpc) is 2.82. The van der Waals surface area contributed by atoms with E-state index in [0.717, 1.165) is 50.5 Å². The molecule has 0 atom stereocenters. The van der Waals surface area contributed by atoms with Crippen LogP contribution < -0.4 is 0 Å². The number of aromatic nitrogens is 1. The van der Waals surface area contributed by atoms with Crippen molar-refractivity contribution in [1.29, 1.82) is 0 Å².